The summed E-state index contributed by atoms with van der Waals surface area (Å²) in [6.07, 6.45) is -0.502. The Labute approximate surface area is 139 Å². The summed E-state index contributed by atoms with van der Waals surface area (Å²) in [4.78, 5) is 13.0. The smallest absolute Gasteiger partial charge is 0.318 e. The molecule has 1 aliphatic rings. The quantitative estimate of drug-likeness (QED) is 0.824. The van der Waals surface area contributed by atoms with Crippen molar-refractivity contribution >= 4 is 11.9 Å². The number of primary amides is 1. The number of alkyl halides is 1. The second-order valence-corrected chi connectivity index (χ2v) is 5.94. The van der Waals surface area contributed by atoms with Crippen molar-refractivity contribution in [3.05, 3.63) is 41.3 Å². The number of hydrogen-bond acceptors (Lipinski definition) is 6. The third kappa shape index (κ3) is 3.70. The number of carbonyl (C=O) groups is 1. The molecule has 8 heteroatoms. The van der Waals surface area contributed by atoms with Crippen LogP contribution in [0.25, 0.3) is 0 Å². The lowest BCUT2D eigenvalue weighted by Gasteiger charge is -2.22. The fraction of sp³-hybridized carbons (Fsp3) is 0.438. The molecule has 1 amide bonds. The van der Waals surface area contributed by atoms with E-state index in [1.54, 1.807) is 30.0 Å². The number of hydrogen-bond donors (Lipinski definition) is 2. The van der Waals surface area contributed by atoms with E-state index >= 15 is 0 Å². The maximum Gasteiger partial charge on any atom is 0.318 e. The number of nitrogens with zero attached hydrogens (tertiary/aromatic N) is 3. The van der Waals surface area contributed by atoms with Crippen molar-refractivity contribution in [1.82, 2.24) is 15.5 Å². The van der Waals surface area contributed by atoms with Gasteiger partial charge in [0.05, 0.1) is 6.54 Å². The molecule has 1 aromatic carbocycles. The van der Waals surface area contributed by atoms with Crippen molar-refractivity contribution in [3.63, 3.8) is 0 Å². The number of carbonyl (C=O) groups excluding carboxylic acids is 1. The van der Waals surface area contributed by atoms with Crippen molar-refractivity contribution < 1.29 is 13.6 Å². The average molecular weight is 333 g/mol. The average Bonchev–Trinajstić information content (AvgIpc) is 3.13. The van der Waals surface area contributed by atoms with Crippen LogP contribution < -0.4 is 16.0 Å². The van der Waals surface area contributed by atoms with Crippen LogP contribution in [0.15, 0.2) is 28.7 Å². The summed E-state index contributed by atoms with van der Waals surface area (Å²) in [5.74, 6) is 0.00753. The van der Waals surface area contributed by atoms with E-state index in [0.29, 0.717) is 37.0 Å². The van der Waals surface area contributed by atoms with Gasteiger partial charge in [-0.2, -0.15) is 0 Å². The molecular formula is C16H20FN5O2. The Kier molecular flexibility index (Phi) is 4.75. The topological polar surface area (TPSA) is 97.3 Å². The summed E-state index contributed by atoms with van der Waals surface area (Å²) in [6.45, 7) is 3.09. The molecule has 0 bridgehead atoms. The number of nitrogens with one attached hydrogen (secondary N) is 1. The fourth-order valence-electron chi connectivity index (χ4n) is 2.91. The van der Waals surface area contributed by atoms with Gasteiger partial charge in [0.25, 0.3) is 0 Å². The zero-order valence-electron chi connectivity index (χ0n) is 13.4. The Hall–Kier alpha value is -2.48. The number of aryl methyl sites for hydroxylation is 1. The van der Waals surface area contributed by atoms with Gasteiger partial charge in [-0.3, -0.25) is 4.79 Å². The lowest BCUT2D eigenvalue weighted by molar-refractivity contribution is 0.1000. The second-order valence-electron chi connectivity index (χ2n) is 5.94. The van der Waals surface area contributed by atoms with Gasteiger partial charge in [0.2, 0.25) is 11.8 Å². The SMILES string of the molecule is Cc1nnc(N2C[C@@H](F)C[C@H]2CNCc2cccc(C(N)=O)c2)o1. The second kappa shape index (κ2) is 6.96. The molecule has 1 fully saturated rings. The molecule has 0 unspecified atom stereocenters. The van der Waals surface area contributed by atoms with Gasteiger partial charge in [-0.15, -0.1) is 5.10 Å². The Morgan fingerprint density at radius 2 is 2.33 bits per heavy atom. The number of rotatable bonds is 6. The van der Waals surface area contributed by atoms with Crippen molar-refractivity contribution in [2.45, 2.75) is 32.1 Å². The lowest BCUT2D eigenvalue weighted by Crippen LogP contribution is -2.38. The molecule has 24 heavy (non-hydrogen) atoms. The summed E-state index contributed by atoms with van der Waals surface area (Å²) in [5, 5.41) is 11.1. The summed E-state index contributed by atoms with van der Waals surface area (Å²) in [6, 6.07) is 7.43. The molecule has 1 saturated heterocycles. The van der Waals surface area contributed by atoms with Crippen LogP contribution in [-0.4, -0.2) is 41.4 Å². The Balaban J connectivity index is 1.59. The van der Waals surface area contributed by atoms with Gasteiger partial charge in [-0.05, 0) is 17.7 Å². The van der Waals surface area contributed by atoms with Gasteiger partial charge in [-0.25, -0.2) is 4.39 Å². The standard InChI is InChI=1S/C16H20FN5O2/c1-10-20-21-16(24-10)22-9-13(17)6-14(22)8-19-7-11-3-2-4-12(5-11)15(18)23/h2-5,13-14,19H,6-9H2,1H3,(H2,18,23)/t13-,14-/m0/s1. The Morgan fingerprint density at radius 3 is 3.04 bits per heavy atom. The predicted molar refractivity (Wildman–Crippen MR) is 86.3 cm³/mol. The normalized spacial score (nSPS) is 20.5. The largest absolute Gasteiger partial charge is 0.408 e. The zero-order chi connectivity index (χ0) is 17.1. The van der Waals surface area contributed by atoms with E-state index in [-0.39, 0.29) is 12.6 Å². The van der Waals surface area contributed by atoms with E-state index in [1.165, 1.54) is 0 Å². The van der Waals surface area contributed by atoms with E-state index in [2.05, 4.69) is 15.5 Å². The van der Waals surface area contributed by atoms with Gasteiger partial charge in [0, 0.05) is 38.0 Å². The van der Waals surface area contributed by atoms with Gasteiger partial charge in [-0.1, -0.05) is 17.2 Å². The van der Waals surface area contributed by atoms with Crippen LogP contribution in [0, 0.1) is 6.92 Å². The third-order valence-corrected chi connectivity index (χ3v) is 4.05. The first kappa shape index (κ1) is 16.4. The molecular weight excluding hydrogens is 313 g/mol. The Bertz CT molecular complexity index is 720. The summed E-state index contributed by atoms with van der Waals surface area (Å²) in [7, 11) is 0. The summed E-state index contributed by atoms with van der Waals surface area (Å²) >= 11 is 0. The molecule has 0 radical (unpaired) electrons. The highest BCUT2D eigenvalue weighted by Gasteiger charge is 2.34. The van der Waals surface area contributed by atoms with Crippen LogP contribution in [0.4, 0.5) is 10.4 Å². The molecule has 1 aliphatic heterocycles. The molecule has 2 aromatic rings. The molecule has 0 saturated carbocycles. The molecule has 2 atom stereocenters. The molecule has 2 heterocycles. The maximum atomic E-state index is 13.8. The van der Waals surface area contributed by atoms with Crippen LogP contribution in [0.5, 0.6) is 0 Å². The van der Waals surface area contributed by atoms with Gasteiger partial charge in [0.1, 0.15) is 6.17 Å². The van der Waals surface area contributed by atoms with Crippen LogP contribution in [-0.2, 0) is 6.54 Å². The van der Waals surface area contributed by atoms with Gasteiger partial charge in [0.15, 0.2) is 0 Å². The maximum absolute atomic E-state index is 13.8. The van der Waals surface area contributed by atoms with E-state index in [4.69, 9.17) is 10.2 Å². The van der Waals surface area contributed by atoms with E-state index in [1.807, 2.05) is 6.07 Å². The molecule has 128 valence electrons. The monoisotopic (exact) mass is 333 g/mol. The number of amides is 1. The van der Waals surface area contributed by atoms with Crippen LogP contribution in [0.2, 0.25) is 0 Å². The highest BCUT2D eigenvalue weighted by molar-refractivity contribution is 5.92. The van der Waals surface area contributed by atoms with Crippen molar-refractivity contribution in [1.29, 1.82) is 0 Å². The highest BCUT2D eigenvalue weighted by Crippen LogP contribution is 2.25. The van der Waals surface area contributed by atoms with Gasteiger partial charge >= 0.3 is 6.01 Å². The minimum absolute atomic E-state index is 0.0563. The minimum atomic E-state index is -0.915. The number of aromatic nitrogens is 2. The van der Waals surface area contributed by atoms with Crippen LogP contribution >= 0.6 is 0 Å². The van der Waals surface area contributed by atoms with Crippen LogP contribution in [0.1, 0.15) is 28.2 Å². The van der Waals surface area contributed by atoms with Crippen molar-refractivity contribution in [2.24, 2.45) is 5.73 Å². The molecule has 7 nitrogen and oxygen atoms in total. The molecule has 0 aliphatic carbocycles. The first-order chi connectivity index (χ1) is 11.5. The zero-order valence-corrected chi connectivity index (χ0v) is 13.4. The molecule has 3 N–H and O–H groups in total. The number of nitrogens with two attached hydrogens (primary N) is 1. The predicted octanol–water partition coefficient (Wildman–Crippen LogP) is 1.18. The van der Waals surface area contributed by atoms with E-state index < -0.39 is 12.1 Å². The van der Waals surface area contributed by atoms with Gasteiger partial charge < -0.3 is 20.4 Å². The highest BCUT2D eigenvalue weighted by atomic mass is 19.1. The van der Waals surface area contributed by atoms with Crippen molar-refractivity contribution in [3.8, 4) is 0 Å². The summed E-state index contributed by atoms with van der Waals surface area (Å²) in [5.41, 5.74) is 6.70. The number of halogens is 1. The first-order valence-corrected chi connectivity index (χ1v) is 7.83. The first-order valence-electron chi connectivity index (χ1n) is 7.83. The van der Waals surface area contributed by atoms with E-state index in [9.17, 15) is 9.18 Å². The minimum Gasteiger partial charge on any atom is -0.408 e. The van der Waals surface area contributed by atoms with Crippen LogP contribution in [0.3, 0.4) is 0 Å². The fourth-order valence-corrected chi connectivity index (χ4v) is 2.91. The summed E-state index contributed by atoms with van der Waals surface area (Å²) < 4.78 is 19.2. The third-order valence-electron chi connectivity index (χ3n) is 4.05. The van der Waals surface area contributed by atoms with E-state index in [0.717, 1.165) is 5.56 Å². The molecule has 1 aromatic heterocycles. The lowest BCUT2D eigenvalue weighted by atomic mass is 10.1. The molecule has 0 spiro atoms. The number of anilines is 1. The Morgan fingerprint density at radius 1 is 1.50 bits per heavy atom. The molecule has 3 rings (SSSR count). The number of benzene rings is 1. The van der Waals surface area contributed by atoms with Crippen molar-refractivity contribution in [2.75, 3.05) is 18.0 Å².